The molecule has 0 aromatic heterocycles. The highest BCUT2D eigenvalue weighted by Crippen LogP contribution is 2.80. The summed E-state index contributed by atoms with van der Waals surface area (Å²) < 4.78 is 6.69. The standard InChI is InChI=1S/C14H25OPS2/c1-10(2)11-7-8-14(6)12(9-11)15-16(17,18-14)13(3,4)5/h11-12H,1,7-9H2,2-6H3/t11-,12+,14+,16?/m1/s1. The lowest BCUT2D eigenvalue weighted by Crippen LogP contribution is -2.39. The Kier molecular flexibility index (Phi) is 3.87. The van der Waals surface area contributed by atoms with Gasteiger partial charge in [-0.1, -0.05) is 56.1 Å². The van der Waals surface area contributed by atoms with Gasteiger partial charge in [-0.15, -0.1) is 0 Å². The van der Waals surface area contributed by atoms with E-state index < -0.39 is 5.47 Å². The predicted molar refractivity (Wildman–Crippen MR) is 87.1 cm³/mol. The lowest BCUT2D eigenvalue weighted by Gasteiger charge is -2.37. The van der Waals surface area contributed by atoms with E-state index in [0.29, 0.717) is 12.0 Å². The third-order valence-corrected chi connectivity index (χ3v) is 14.0. The summed E-state index contributed by atoms with van der Waals surface area (Å²) in [5.41, 5.74) is -0.454. The second kappa shape index (κ2) is 4.62. The fraction of sp³-hybridized carbons (Fsp3) is 0.857. The molecule has 1 unspecified atom stereocenters. The summed E-state index contributed by atoms with van der Waals surface area (Å²) in [6, 6.07) is 0. The lowest BCUT2D eigenvalue weighted by molar-refractivity contribution is 0.124. The Morgan fingerprint density at radius 1 is 1.50 bits per heavy atom. The van der Waals surface area contributed by atoms with Gasteiger partial charge in [0.05, 0.1) is 6.10 Å². The average Bonchev–Trinajstić information content (AvgIpc) is 2.47. The highest BCUT2D eigenvalue weighted by molar-refractivity contribution is 8.70. The van der Waals surface area contributed by atoms with E-state index in [0.717, 1.165) is 6.42 Å². The Morgan fingerprint density at radius 3 is 2.61 bits per heavy atom. The first-order chi connectivity index (χ1) is 8.07. The van der Waals surface area contributed by atoms with Crippen molar-refractivity contribution in [1.29, 1.82) is 0 Å². The Balaban J connectivity index is 2.23. The van der Waals surface area contributed by atoms with Crippen molar-refractivity contribution in [2.45, 2.75) is 69.9 Å². The molecule has 1 aliphatic carbocycles. The number of allylic oxidation sites excluding steroid dienone is 1. The van der Waals surface area contributed by atoms with Crippen molar-refractivity contribution in [1.82, 2.24) is 0 Å². The molecule has 2 rings (SSSR count). The summed E-state index contributed by atoms with van der Waals surface area (Å²) in [6.45, 7) is 15.3. The van der Waals surface area contributed by atoms with E-state index in [1.54, 1.807) is 0 Å². The molecule has 0 N–H and O–H groups in total. The molecule has 0 amide bonds. The van der Waals surface area contributed by atoms with E-state index in [-0.39, 0.29) is 9.90 Å². The van der Waals surface area contributed by atoms with Gasteiger partial charge in [0.2, 0.25) is 0 Å². The summed E-state index contributed by atoms with van der Waals surface area (Å²) >= 11 is 7.92. The summed E-state index contributed by atoms with van der Waals surface area (Å²) in [4.78, 5) is 0. The maximum absolute atomic E-state index is 6.45. The van der Waals surface area contributed by atoms with Gasteiger partial charge in [-0.3, -0.25) is 0 Å². The van der Waals surface area contributed by atoms with E-state index >= 15 is 0 Å². The Bertz CT molecular complexity index is 413. The van der Waals surface area contributed by atoms with Crippen LogP contribution < -0.4 is 0 Å². The second-order valence-electron chi connectivity index (χ2n) is 6.98. The summed E-state index contributed by atoms with van der Waals surface area (Å²) in [7, 11) is 0. The van der Waals surface area contributed by atoms with Crippen LogP contribution in [-0.4, -0.2) is 16.0 Å². The summed E-state index contributed by atoms with van der Waals surface area (Å²) in [5.74, 6) is 0.630. The van der Waals surface area contributed by atoms with Gasteiger partial charge in [0.1, 0.15) is 5.47 Å². The Morgan fingerprint density at radius 2 is 2.11 bits per heavy atom. The molecule has 4 atom stereocenters. The van der Waals surface area contributed by atoms with Crippen LogP contribution in [0, 0.1) is 5.92 Å². The zero-order valence-electron chi connectivity index (χ0n) is 12.2. The van der Waals surface area contributed by atoms with Crippen LogP contribution in [0.3, 0.4) is 0 Å². The van der Waals surface area contributed by atoms with E-state index in [9.17, 15) is 0 Å². The highest BCUT2D eigenvalue weighted by atomic mass is 32.9. The molecule has 2 fully saturated rings. The number of fused-ring (bicyclic) bond motifs is 1. The predicted octanol–water partition coefficient (Wildman–Crippen LogP) is 5.36. The highest BCUT2D eigenvalue weighted by Gasteiger charge is 2.55. The van der Waals surface area contributed by atoms with Gasteiger partial charge < -0.3 is 4.52 Å². The van der Waals surface area contributed by atoms with Crippen molar-refractivity contribution < 1.29 is 4.52 Å². The van der Waals surface area contributed by atoms with E-state index in [1.165, 1.54) is 18.4 Å². The number of hydrogen-bond acceptors (Lipinski definition) is 3. The van der Waals surface area contributed by atoms with Crippen molar-refractivity contribution in [3.63, 3.8) is 0 Å². The van der Waals surface area contributed by atoms with Gasteiger partial charge in [-0.05, 0) is 39.0 Å². The third kappa shape index (κ3) is 2.49. The van der Waals surface area contributed by atoms with Crippen LogP contribution in [0.5, 0.6) is 0 Å². The molecule has 1 heterocycles. The minimum atomic E-state index is -1.76. The van der Waals surface area contributed by atoms with Gasteiger partial charge in [-0.2, -0.15) is 0 Å². The average molecular weight is 304 g/mol. The molecule has 0 spiro atoms. The van der Waals surface area contributed by atoms with Gasteiger partial charge in [0.15, 0.2) is 0 Å². The quantitative estimate of drug-likeness (QED) is 0.476. The first-order valence-electron chi connectivity index (χ1n) is 6.72. The zero-order valence-corrected chi connectivity index (χ0v) is 14.7. The molecule has 1 aliphatic heterocycles. The maximum Gasteiger partial charge on any atom is 0.125 e. The largest absolute Gasteiger partial charge is 0.336 e. The summed E-state index contributed by atoms with van der Waals surface area (Å²) in [6.07, 6.45) is 3.92. The van der Waals surface area contributed by atoms with Crippen molar-refractivity contribution in [2.75, 3.05) is 0 Å². The molecule has 104 valence electrons. The smallest absolute Gasteiger partial charge is 0.125 e. The third-order valence-electron chi connectivity index (χ3n) is 4.28. The van der Waals surface area contributed by atoms with Crippen LogP contribution in [0.2, 0.25) is 0 Å². The molecule has 0 radical (unpaired) electrons. The normalized spacial score (nSPS) is 44.7. The zero-order chi connectivity index (χ0) is 13.8. The van der Waals surface area contributed by atoms with Crippen molar-refractivity contribution in [3.05, 3.63) is 12.2 Å². The van der Waals surface area contributed by atoms with Crippen LogP contribution in [-0.2, 0) is 16.3 Å². The van der Waals surface area contributed by atoms with Crippen LogP contribution in [0.4, 0.5) is 0 Å². The molecular weight excluding hydrogens is 279 g/mol. The molecular formula is C14H25OPS2. The Hall–Kier alpha value is 0.700. The summed E-state index contributed by atoms with van der Waals surface area (Å²) in [5, 5.41) is 0.103. The van der Waals surface area contributed by atoms with Gasteiger partial charge in [0.25, 0.3) is 0 Å². The monoisotopic (exact) mass is 304 g/mol. The van der Waals surface area contributed by atoms with E-state index in [1.807, 2.05) is 11.4 Å². The minimum absolute atomic E-state index is 0.103. The molecule has 1 saturated heterocycles. The van der Waals surface area contributed by atoms with Crippen LogP contribution in [0.15, 0.2) is 12.2 Å². The molecule has 1 saturated carbocycles. The molecule has 1 nitrogen and oxygen atoms in total. The lowest BCUT2D eigenvalue weighted by atomic mass is 9.77. The molecule has 2 aliphatic rings. The van der Waals surface area contributed by atoms with Crippen molar-refractivity contribution >= 4 is 28.7 Å². The fourth-order valence-corrected chi connectivity index (χ4v) is 10.5. The molecule has 0 bridgehead atoms. The van der Waals surface area contributed by atoms with E-state index in [4.69, 9.17) is 16.3 Å². The SMILES string of the molecule is C=C(C)[C@@H]1CC[C@]2(C)SP(=S)(C(C)(C)C)O[C@H]2C1. The first kappa shape index (κ1) is 15.1. The number of hydrogen-bond donors (Lipinski definition) is 0. The van der Waals surface area contributed by atoms with Crippen LogP contribution in [0.1, 0.15) is 53.9 Å². The topological polar surface area (TPSA) is 9.23 Å². The molecule has 0 aromatic carbocycles. The van der Waals surface area contributed by atoms with Crippen LogP contribution in [0.25, 0.3) is 0 Å². The van der Waals surface area contributed by atoms with Crippen molar-refractivity contribution in [3.8, 4) is 0 Å². The van der Waals surface area contributed by atoms with Crippen molar-refractivity contribution in [2.24, 2.45) is 5.92 Å². The van der Waals surface area contributed by atoms with Gasteiger partial charge in [-0.25, -0.2) is 0 Å². The Labute approximate surface area is 121 Å². The van der Waals surface area contributed by atoms with Crippen LogP contribution >= 0.6 is 16.8 Å². The molecule has 0 aromatic rings. The fourth-order valence-electron chi connectivity index (χ4n) is 2.71. The first-order valence-corrected chi connectivity index (χ1v) is 10.9. The van der Waals surface area contributed by atoms with Gasteiger partial charge >= 0.3 is 0 Å². The van der Waals surface area contributed by atoms with Gasteiger partial charge in [0, 0.05) is 9.90 Å². The minimum Gasteiger partial charge on any atom is -0.336 e. The van der Waals surface area contributed by atoms with E-state index in [2.05, 4.69) is 41.2 Å². The maximum atomic E-state index is 6.45. The second-order valence-corrected chi connectivity index (χ2v) is 15.0. The molecule has 18 heavy (non-hydrogen) atoms. The number of rotatable bonds is 1. The molecule has 4 heteroatoms.